The highest BCUT2D eigenvalue weighted by Gasteiger charge is 2.22. The van der Waals surface area contributed by atoms with Crippen molar-refractivity contribution < 1.29 is 9.47 Å². The van der Waals surface area contributed by atoms with Crippen molar-refractivity contribution in [3.8, 4) is 17.1 Å². The molecule has 0 aromatic carbocycles. The topological polar surface area (TPSA) is 49.2 Å². The smallest absolute Gasteiger partial charge is 0.146 e. The molecule has 26 heavy (non-hydrogen) atoms. The highest BCUT2D eigenvalue weighted by atomic mass is 79.9. The molecule has 0 unspecified atom stereocenters. The molecule has 138 valence electrons. The zero-order valence-electron chi connectivity index (χ0n) is 15.6. The first-order chi connectivity index (χ1) is 12.4. The summed E-state index contributed by atoms with van der Waals surface area (Å²) in [5.41, 5.74) is 2.56. The Balaban J connectivity index is 2.03. The van der Waals surface area contributed by atoms with Crippen LogP contribution in [0.1, 0.15) is 0 Å². The van der Waals surface area contributed by atoms with E-state index in [4.69, 9.17) is 9.47 Å². The Morgan fingerprint density at radius 3 is 2.58 bits per heavy atom. The molecule has 0 aliphatic carbocycles. The van der Waals surface area contributed by atoms with E-state index < -0.39 is 8.07 Å². The molecule has 0 atom stereocenters. The molecule has 3 rings (SSSR count). The Kier molecular flexibility index (Phi) is 5.79. The quantitative estimate of drug-likeness (QED) is 0.380. The normalized spacial score (nSPS) is 11.9. The van der Waals surface area contributed by atoms with Crippen molar-refractivity contribution in [1.29, 1.82) is 0 Å². The van der Waals surface area contributed by atoms with Gasteiger partial charge in [-0.25, -0.2) is 4.98 Å². The summed E-state index contributed by atoms with van der Waals surface area (Å²) in [5.74, 6) is 0.722. The van der Waals surface area contributed by atoms with Gasteiger partial charge in [-0.1, -0.05) is 19.6 Å². The number of hydrogen-bond donors (Lipinski definition) is 0. The third-order valence-corrected chi connectivity index (χ3v) is 6.70. The average molecular weight is 434 g/mol. The number of methoxy groups -OCH3 is 1. The number of pyridine rings is 2. The van der Waals surface area contributed by atoms with Crippen LogP contribution in [0, 0.1) is 0 Å². The second-order valence-corrected chi connectivity index (χ2v) is 13.8. The molecular weight excluding hydrogens is 410 g/mol. The van der Waals surface area contributed by atoms with Crippen molar-refractivity contribution in [3.05, 3.63) is 41.1 Å². The molecule has 0 aliphatic heterocycles. The monoisotopic (exact) mass is 433 g/mol. The first kappa shape index (κ1) is 19.1. The van der Waals surface area contributed by atoms with E-state index in [2.05, 4.69) is 50.1 Å². The zero-order valence-corrected chi connectivity index (χ0v) is 18.2. The number of fused-ring (bicyclic) bond motifs is 1. The Morgan fingerprint density at radius 2 is 1.85 bits per heavy atom. The van der Waals surface area contributed by atoms with Crippen LogP contribution in [0.2, 0.25) is 25.7 Å². The average Bonchev–Trinajstić information content (AvgIpc) is 2.90. The fourth-order valence-corrected chi connectivity index (χ4v) is 4.23. The number of aromatic nitrogens is 3. The maximum absolute atomic E-state index is 6.02. The summed E-state index contributed by atoms with van der Waals surface area (Å²) in [6.45, 7) is 8.23. The SMILES string of the molecule is COc1cccnc1-c1c(Br)c2cccnc2n1COCC[Si](C)(C)C. The summed E-state index contributed by atoms with van der Waals surface area (Å²) in [4.78, 5) is 9.12. The van der Waals surface area contributed by atoms with Crippen LogP contribution >= 0.6 is 15.9 Å². The van der Waals surface area contributed by atoms with Gasteiger partial charge in [0.15, 0.2) is 0 Å². The van der Waals surface area contributed by atoms with Crippen molar-refractivity contribution in [2.24, 2.45) is 0 Å². The maximum atomic E-state index is 6.02. The van der Waals surface area contributed by atoms with Gasteiger partial charge in [-0.2, -0.15) is 0 Å². The summed E-state index contributed by atoms with van der Waals surface area (Å²) in [6.07, 6.45) is 3.57. The molecule has 0 N–H and O–H groups in total. The lowest BCUT2D eigenvalue weighted by Gasteiger charge is -2.17. The van der Waals surface area contributed by atoms with Gasteiger partial charge in [0, 0.05) is 32.5 Å². The van der Waals surface area contributed by atoms with Crippen LogP contribution in [-0.2, 0) is 11.5 Å². The molecule has 3 aromatic rings. The summed E-state index contributed by atoms with van der Waals surface area (Å²) >= 11 is 3.74. The van der Waals surface area contributed by atoms with Gasteiger partial charge in [0.2, 0.25) is 0 Å². The van der Waals surface area contributed by atoms with Crippen molar-refractivity contribution in [1.82, 2.24) is 14.5 Å². The predicted octanol–water partition coefficient (Wildman–Crippen LogP) is 5.18. The van der Waals surface area contributed by atoms with Gasteiger partial charge in [0.1, 0.15) is 23.8 Å². The van der Waals surface area contributed by atoms with Gasteiger partial charge >= 0.3 is 0 Å². The molecule has 0 amide bonds. The summed E-state index contributed by atoms with van der Waals surface area (Å²) in [6, 6.07) is 8.89. The van der Waals surface area contributed by atoms with Crippen molar-refractivity contribution >= 4 is 35.0 Å². The van der Waals surface area contributed by atoms with Crippen LogP contribution in [0.15, 0.2) is 41.1 Å². The van der Waals surface area contributed by atoms with Gasteiger partial charge in [-0.15, -0.1) is 0 Å². The lowest BCUT2D eigenvalue weighted by atomic mass is 10.2. The molecule has 3 aromatic heterocycles. The highest BCUT2D eigenvalue weighted by molar-refractivity contribution is 9.10. The maximum Gasteiger partial charge on any atom is 0.146 e. The molecule has 0 spiro atoms. The molecule has 0 radical (unpaired) electrons. The highest BCUT2D eigenvalue weighted by Crippen LogP contribution is 2.39. The fourth-order valence-electron chi connectivity index (χ4n) is 2.76. The van der Waals surface area contributed by atoms with Gasteiger partial charge < -0.3 is 9.47 Å². The van der Waals surface area contributed by atoms with Gasteiger partial charge in [0.25, 0.3) is 0 Å². The molecule has 0 saturated carbocycles. The second-order valence-electron chi connectivity index (χ2n) is 7.37. The van der Waals surface area contributed by atoms with Crippen LogP contribution in [0.25, 0.3) is 22.4 Å². The molecule has 0 bridgehead atoms. The first-order valence-electron chi connectivity index (χ1n) is 8.62. The standard InChI is InChI=1S/C19H24BrN3O2Si/c1-24-15-8-6-9-21-17(15)18-16(20)14-7-5-10-22-19(14)23(18)13-25-11-12-26(2,3)4/h5-10H,11-13H2,1-4H3. The van der Waals surface area contributed by atoms with Gasteiger partial charge in [-0.3, -0.25) is 9.55 Å². The minimum atomic E-state index is -1.13. The van der Waals surface area contributed by atoms with Crippen LogP contribution in [0.5, 0.6) is 5.75 Å². The largest absolute Gasteiger partial charge is 0.494 e. The van der Waals surface area contributed by atoms with Crippen LogP contribution in [0.4, 0.5) is 0 Å². The molecule has 5 nitrogen and oxygen atoms in total. The van der Waals surface area contributed by atoms with Crippen LogP contribution in [-0.4, -0.2) is 36.3 Å². The minimum Gasteiger partial charge on any atom is -0.494 e. The fraction of sp³-hybridized carbons (Fsp3) is 0.368. The van der Waals surface area contributed by atoms with E-state index in [1.54, 1.807) is 19.5 Å². The van der Waals surface area contributed by atoms with Crippen molar-refractivity contribution in [2.45, 2.75) is 32.4 Å². The van der Waals surface area contributed by atoms with E-state index in [1.165, 1.54) is 0 Å². The van der Waals surface area contributed by atoms with Crippen molar-refractivity contribution in [3.63, 3.8) is 0 Å². The Bertz CT molecular complexity index is 905. The van der Waals surface area contributed by atoms with E-state index in [-0.39, 0.29) is 0 Å². The lowest BCUT2D eigenvalue weighted by Crippen LogP contribution is -2.22. The summed E-state index contributed by atoms with van der Waals surface area (Å²) in [7, 11) is 0.529. The molecule has 7 heteroatoms. The third-order valence-electron chi connectivity index (χ3n) is 4.19. The second kappa shape index (κ2) is 7.90. The number of nitrogens with zero attached hydrogens (tertiary/aromatic N) is 3. The Labute approximate surface area is 163 Å². The number of hydrogen-bond acceptors (Lipinski definition) is 4. The first-order valence-corrected chi connectivity index (χ1v) is 13.1. The van der Waals surface area contributed by atoms with Crippen LogP contribution < -0.4 is 4.74 Å². The molecule has 0 aliphatic rings. The van der Waals surface area contributed by atoms with E-state index in [9.17, 15) is 0 Å². The minimum absolute atomic E-state index is 0.429. The van der Waals surface area contributed by atoms with E-state index in [1.807, 2.05) is 24.3 Å². The third kappa shape index (κ3) is 4.00. The van der Waals surface area contributed by atoms with E-state index >= 15 is 0 Å². The van der Waals surface area contributed by atoms with E-state index in [0.717, 1.165) is 45.3 Å². The predicted molar refractivity (Wildman–Crippen MR) is 111 cm³/mol. The molecule has 0 saturated heterocycles. The Hall–Kier alpha value is -1.70. The van der Waals surface area contributed by atoms with E-state index in [0.29, 0.717) is 6.73 Å². The molecular formula is C19H24BrN3O2Si. The van der Waals surface area contributed by atoms with Crippen LogP contribution in [0.3, 0.4) is 0 Å². The van der Waals surface area contributed by atoms with Gasteiger partial charge in [-0.05, 0) is 46.2 Å². The Morgan fingerprint density at radius 1 is 1.12 bits per heavy atom. The molecule has 0 fully saturated rings. The van der Waals surface area contributed by atoms with Crippen molar-refractivity contribution in [2.75, 3.05) is 13.7 Å². The lowest BCUT2D eigenvalue weighted by molar-refractivity contribution is 0.0908. The van der Waals surface area contributed by atoms with Gasteiger partial charge in [0.05, 0.1) is 17.3 Å². The number of halogens is 1. The number of rotatable bonds is 7. The summed E-state index contributed by atoms with van der Waals surface area (Å²) < 4.78 is 14.6. The number of ether oxygens (including phenoxy) is 2. The summed E-state index contributed by atoms with van der Waals surface area (Å²) in [5, 5.41) is 1.03. The zero-order chi connectivity index (χ0) is 18.7. The molecule has 3 heterocycles.